The van der Waals surface area contributed by atoms with Crippen molar-refractivity contribution >= 4 is 0 Å². The largest absolute Gasteiger partial charge is 0.493 e. The molecule has 2 unspecified atom stereocenters. The van der Waals surface area contributed by atoms with Gasteiger partial charge in [0, 0.05) is 30.6 Å². The topological polar surface area (TPSA) is 24.5 Å². The lowest BCUT2D eigenvalue weighted by Gasteiger charge is -2.38. The molecule has 4 rings (SSSR count). The van der Waals surface area contributed by atoms with Gasteiger partial charge in [-0.15, -0.1) is 0 Å². The van der Waals surface area contributed by atoms with Gasteiger partial charge in [-0.1, -0.05) is 25.1 Å². The first kappa shape index (κ1) is 11.7. The molecule has 3 heteroatoms. The summed E-state index contributed by atoms with van der Waals surface area (Å²) < 4.78 is 5.88. The van der Waals surface area contributed by atoms with Crippen molar-refractivity contribution in [1.29, 1.82) is 0 Å². The predicted molar refractivity (Wildman–Crippen MR) is 75.3 cm³/mol. The molecule has 0 aliphatic carbocycles. The van der Waals surface area contributed by atoms with Gasteiger partial charge in [-0.05, 0) is 31.0 Å². The van der Waals surface area contributed by atoms with Gasteiger partial charge in [0.1, 0.15) is 5.75 Å². The Balaban J connectivity index is 1.63. The van der Waals surface area contributed by atoms with Gasteiger partial charge >= 0.3 is 0 Å². The first-order chi connectivity index (χ1) is 9.33. The van der Waals surface area contributed by atoms with Gasteiger partial charge < -0.3 is 10.1 Å². The molecule has 3 nitrogen and oxygen atoms in total. The van der Waals surface area contributed by atoms with Crippen molar-refractivity contribution in [2.75, 3.05) is 32.8 Å². The average molecular weight is 258 g/mol. The summed E-state index contributed by atoms with van der Waals surface area (Å²) >= 11 is 0. The number of rotatable bonds is 1. The van der Waals surface area contributed by atoms with Crippen molar-refractivity contribution in [3.63, 3.8) is 0 Å². The van der Waals surface area contributed by atoms with Crippen LogP contribution < -0.4 is 10.1 Å². The van der Waals surface area contributed by atoms with Crippen LogP contribution in [0.1, 0.15) is 18.5 Å². The Kier molecular flexibility index (Phi) is 2.78. The fourth-order valence-electron chi connectivity index (χ4n) is 4.15. The second-order valence-electron chi connectivity index (χ2n) is 6.40. The molecule has 19 heavy (non-hydrogen) atoms. The number of ether oxygens (including phenoxy) is 1. The molecular weight excluding hydrogens is 236 g/mol. The highest BCUT2D eigenvalue weighted by atomic mass is 16.5. The monoisotopic (exact) mass is 258 g/mol. The third kappa shape index (κ3) is 1.87. The third-order valence-electron chi connectivity index (χ3n) is 5.09. The van der Waals surface area contributed by atoms with Crippen molar-refractivity contribution < 1.29 is 4.74 Å². The number of benzene rings is 1. The molecule has 1 aromatic carbocycles. The molecular formula is C16H22N2O. The first-order valence-corrected chi connectivity index (χ1v) is 7.49. The zero-order chi connectivity index (χ0) is 12.8. The molecule has 3 aliphatic rings. The average Bonchev–Trinajstić information content (AvgIpc) is 2.99. The van der Waals surface area contributed by atoms with E-state index in [1.54, 1.807) is 0 Å². The number of hydrogen-bond donors (Lipinski definition) is 1. The Morgan fingerprint density at radius 3 is 2.68 bits per heavy atom. The van der Waals surface area contributed by atoms with Crippen LogP contribution in [0.25, 0.3) is 0 Å². The smallest absolute Gasteiger partial charge is 0.124 e. The van der Waals surface area contributed by atoms with Crippen LogP contribution in [0.5, 0.6) is 5.75 Å². The lowest BCUT2D eigenvalue weighted by atomic mass is 9.91. The van der Waals surface area contributed by atoms with Crippen LogP contribution in [0.3, 0.4) is 0 Å². The normalized spacial score (nSPS) is 37.7. The van der Waals surface area contributed by atoms with E-state index in [1.165, 1.54) is 31.7 Å². The Labute approximate surface area is 114 Å². The van der Waals surface area contributed by atoms with E-state index in [-0.39, 0.29) is 0 Å². The molecule has 3 heterocycles. The Hall–Kier alpha value is -1.06. The third-order valence-corrected chi connectivity index (χ3v) is 5.09. The molecule has 4 atom stereocenters. The molecule has 1 N–H and O–H groups in total. The predicted octanol–water partition coefficient (Wildman–Crippen LogP) is 1.91. The minimum Gasteiger partial charge on any atom is -0.493 e. The van der Waals surface area contributed by atoms with Gasteiger partial charge in [-0.25, -0.2) is 0 Å². The number of likely N-dealkylation sites (tertiary alicyclic amines) is 1. The molecule has 2 saturated heterocycles. The lowest BCUT2D eigenvalue weighted by Crippen LogP contribution is -2.38. The van der Waals surface area contributed by atoms with Gasteiger partial charge in [-0.2, -0.15) is 0 Å². The number of nitrogens with zero attached hydrogens (tertiary/aromatic N) is 1. The minimum absolute atomic E-state index is 0.551. The van der Waals surface area contributed by atoms with Crippen LogP contribution in [-0.2, 0) is 0 Å². The van der Waals surface area contributed by atoms with Gasteiger partial charge in [-0.3, -0.25) is 4.90 Å². The fraction of sp³-hybridized carbons (Fsp3) is 0.625. The van der Waals surface area contributed by atoms with E-state index in [2.05, 4.69) is 41.4 Å². The summed E-state index contributed by atoms with van der Waals surface area (Å²) in [6.45, 7) is 8.10. The SMILES string of the molecule is CC1COc2ccccc2C1N1C[C@H]2CNC[C@H]2C1. The molecule has 2 fully saturated rings. The maximum absolute atomic E-state index is 5.88. The molecule has 0 amide bonds. The molecule has 102 valence electrons. The van der Waals surface area contributed by atoms with Crippen LogP contribution in [0.15, 0.2) is 24.3 Å². The highest BCUT2D eigenvalue weighted by molar-refractivity contribution is 5.38. The molecule has 0 spiro atoms. The van der Waals surface area contributed by atoms with E-state index in [1.807, 2.05) is 0 Å². The second kappa shape index (κ2) is 4.50. The summed E-state index contributed by atoms with van der Waals surface area (Å²) in [5, 5.41) is 3.53. The summed E-state index contributed by atoms with van der Waals surface area (Å²) in [5.74, 6) is 3.41. The van der Waals surface area contributed by atoms with E-state index in [4.69, 9.17) is 4.74 Å². The summed E-state index contributed by atoms with van der Waals surface area (Å²) in [7, 11) is 0. The second-order valence-corrected chi connectivity index (χ2v) is 6.40. The van der Waals surface area contributed by atoms with Crippen molar-refractivity contribution in [2.45, 2.75) is 13.0 Å². The zero-order valence-corrected chi connectivity index (χ0v) is 11.5. The summed E-state index contributed by atoms with van der Waals surface area (Å²) in [6, 6.07) is 9.14. The number of hydrogen-bond acceptors (Lipinski definition) is 3. The van der Waals surface area contributed by atoms with Crippen molar-refractivity contribution in [2.24, 2.45) is 17.8 Å². The standard InChI is InChI=1S/C16H22N2O/c1-11-10-19-15-5-3-2-4-14(15)16(11)18-8-12-6-17-7-13(12)9-18/h2-5,11-13,16-17H,6-10H2,1H3/t11?,12-,13+,16?. The lowest BCUT2D eigenvalue weighted by molar-refractivity contribution is 0.103. The van der Waals surface area contributed by atoms with Crippen LogP contribution in [0.4, 0.5) is 0 Å². The van der Waals surface area contributed by atoms with Gasteiger partial charge in [0.2, 0.25) is 0 Å². The molecule has 0 saturated carbocycles. The highest BCUT2D eigenvalue weighted by Crippen LogP contribution is 2.42. The van der Waals surface area contributed by atoms with E-state index < -0.39 is 0 Å². The Bertz CT molecular complexity index is 464. The maximum Gasteiger partial charge on any atom is 0.124 e. The number of nitrogens with one attached hydrogen (secondary N) is 1. The number of para-hydroxylation sites is 1. The van der Waals surface area contributed by atoms with Gasteiger partial charge in [0.15, 0.2) is 0 Å². The molecule has 1 aromatic rings. The zero-order valence-electron chi connectivity index (χ0n) is 11.5. The van der Waals surface area contributed by atoms with E-state index in [9.17, 15) is 0 Å². The van der Waals surface area contributed by atoms with Crippen molar-refractivity contribution in [3.05, 3.63) is 29.8 Å². The molecule has 0 aromatic heterocycles. The van der Waals surface area contributed by atoms with Crippen LogP contribution in [-0.4, -0.2) is 37.7 Å². The highest BCUT2D eigenvalue weighted by Gasteiger charge is 2.42. The summed E-state index contributed by atoms with van der Waals surface area (Å²) in [5.41, 5.74) is 1.40. The molecule has 3 aliphatic heterocycles. The van der Waals surface area contributed by atoms with Crippen LogP contribution in [0, 0.1) is 17.8 Å². The summed E-state index contributed by atoms with van der Waals surface area (Å²) in [4.78, 5) is 2.71. The fourth-order valence-corrected chi connectivity index (χ4v) is 4.15. The van der Waals surface area contributed by atoms with Crippen LogP contribution >= 0.6 is 0 Å². The first-order valence-electron chi connectivity index (χ1n) is 7.49. The Morgan fingerprint density at radius 1 is 1.16 bits per heavy atom. The Morgan fingerprint density at radius 2 is 1.89 bits per heavy atom. The summed E-state index contributed by atoms with van der Waals surface area (Å²) in [6.07, 6.45) is 0. The van der Waals surface area contributed by atoms with Gasteiger partial charge in [0.25, 0.3) is 0 Å². The number of fused-ring (bicyclic) bond motifs is 2. The van der Waals surface area contributed by atoms with Crippen molar-refractivity contribution in [3.8, 4) is 5.75 Å². The quantitative estimate of drug-likeness (QED) is 0.833. The van der Waals surface area contributed by atoms with Gasteiger partial charge in [0.05, 0.1) is 6.61 Å². The van der Waals surface area contributed by atoms with E-state index in [0.717, 1.165) is 24.2 Å². The molecule has 0 bridgehead atoms. The minimum atomic E-state index is 0.551. The maximum atomic E-state index is 5.88. The van der Waals surface area contributed by atoms with E-state index in [0.29, 0.717) is 12.0 Å². The van der Waals surface area contributed by atoms with E-state index >= 15 is 0 Å². The van der Waals surface area contributed by atoms with Crippen LogP contribution in [0.2, 0.25) is 0 Å². The molecule has 0 radical (unpaired) electrons. The van der Waals surface area contributed by atoms with Crippen molar-refractivity contribution in [1.82, 2.24) is 10.2 Å².